The third kappa shape index (κ3) is 5.86. The Bertz CT molecular complexity index is 958. The molecule has 1 amide bonds. The molecule has 1 aromatic heterocycles. The van der Waals surface area contributed by atoms with E-state index in [-0.39, 0.29) is 18.4 Å². The molecule has 1 saturated heterocycles. The van der Waals surface area contributed by atoms with E-state index >= 15 is 0 Å². The number of amides is 1. The summed E-state index contributed by atoms with van der Waals surface area (Å²) >= 11 is 0. The molecule has 9 nitrogen and oxygen atoms in total. The van der Waals surface area contributed by atoms with Crippen LogP contribution in [-0.4, -0.2) is 55.2 Å². The first-order chi connectivity index (χ1) is 13.7. The van der Waals surface area contributed by atoms with Gasteiger partial charge in [-0.05, 0) is 51.3 Å². The predicted octanol–water partition coefficient (Wildman–Crippen LogP) is 0.933. The molecule has 1 fully saturated rings. The second kappa shape index (κ2) is 9.04. The first-order valence-electron chi connectivity index (χ1n) is 9.64. The number of anilines is 1. The fraction of sp³-hybridized carbons (Fsp3) is 0.474. The highest BCUT2D eigenvalue weighted by Crippen LogP contribution is 2.23. The highest BCUT2D eigenvalue weighted by atomic mass is 32.2. The molecule has 29 heavy (non-hydrogen) atoms. The lowest BCUT2D eigenvalue weighted by Gasteiger charge is -2.32. The van der Waals surface area contributed by atoms with Crippen molar-refractivity contribution in [2.75, 3.05) is 31.5 Å². The average molecular weight is 421 g/mol. The molecule has 2 aromatic rings. The summed E-state index contributed by atoms with van der Waals surface area (Å²) in [4.78, 5) is 14.7. The first kappa shape index (κ1) is 21.4. The highest BCUT2D eigenvalue weighted by Gasteiger charge is 2.23. The molecule has 1 aromatic carbocycles. The Balaban J connectivity index is 1.60. The van der Waals surface area contributed by atoms with Crippen LogP contribution in [-0.2, 0) is 15.0 Å². The van der Waals surface area contributed by atoms with E-state index in [2.05, 4.69) is 15.1 Å². The number of carbonyl (C=O) groups is 1. The van der Waals surface area contributed by atoms with Crippen molar-refractivity contribution in [1.29, 1.82) is 0 Å². The van der Waals surface area contributed by atoms with E-state index in [0.29, 0.717) is 13.1 Å². The number of hydrogen-bond donors (Lipinski definition) is 3. The lowest BCUT2D eigenvalue weighted by atomic mass is 9.98. The second-order valence-corrected chi connectivity index (χ2v) is 8.86. The third-order valence-corrected chi connectivity index (χ3v) is 5.67. The van der Waals surface area contributed by atoms with Crippen molar-refractivity contribution in [1.82, 2.24) is 19.4 Å². The van der Waals surface area contributed by atoms with E-state index in [0.717, 1.165) is 42.1 Å². The maximum atomic E-state index is 12.6. The van der Waals surface area contributed by atoms with Gasteiger partial charge in [-0.3, -0.25) is 9.69 Å². The molecule has 0 aliphatic carbocycles. The van der Waals surface area contributed by atoms with Crippen molar-refractivity contribution < 1.29 is 13.2 Å². The minimum atomic E-state index is -3.69. The van der Waals surface area contributed by atoms with Crippen molar-refractivity contribution >= 4 is 21.8 Å². The third-order valence-electron chi connectivity index (χ3n) is 5.10. The molecule has 158 valence electrons. The summed E-state index contributed by atoms with van der Waals surface area (Å²) < 4.78 is 26.3. The number of hydrogen-bond acceptors (Lipinski definition) is 5. The van der Waals surface area contributed by atoms with Crippen LogP contribution in [0.4, 0.5) is 5.69 Å². The van der Waals surface area contributed by atoms with E-state index < -0.39 is 10.2 Å². The Hall–Kier alpha value is -2.27. The minimum absolute atomic E-state index is 0.108. The summed E-state index contributed by atoms with van der Waals surface area (Å²) in [6, 6.07) is 9.77. The number of para-hydroxylation sites is 1. The molecule has 1 aliphatic heterocycles. The van der Waals surface area contributed by atoms with Gasteiger partial charge in [0.05, 0.1) is 29.3 Å². The molecule has 0 bridgehead atoms. The molecule has 0 saturated carbocycles. The molecule has 2 heterocycles. The summed E-state index contributed by atoms with van der Waals surface area (Å²) in [5.74, 6) is 0.0306. The number of piperidine rings is 1. The van der Waals surface area contributed by atoms with Crippen LogP contribution in [0.1, 0.15) is 24.2 Å². The van der Waals surface area contributed by atoms with E-state index in [1.54, 1.807) is 0 Å². The molecule has 10 heteroatoms. The van der Waals surface area contributed by atoms with Gasteiger partial charge in [0.15, 0.2) is 0 Å². The first-order valence-corrected chi connectivity index (χ1v) is 11.2. The van der Waals surface area contributed by atoms with Gasteiger partial charge in [-0.2, -0.15) is 13.5 Å². The maximum Gasteiger partial charge on any atom is 0.274 e. The SMILES string of the molecule is Cc1nn(-c2ccccc2)c(C)c1NC(=O)CN1CCC[C@@H](CNS(N)(=O)=O)C1. The van der Waals surface area contributed by atoms with Crippen molar-refractivity contribution in [2.45, 2.75) is 26.7 Å². The maximum absolute atomic E-state index is 12.6. The second-order valence-electron chi connectivity index (χ2n) is 7.48. The van der Waals surface area contributed by atoms with Gasteiger partial charge in [0.25, 0.3) is 10.2 Å². The number of aromatic nitrogens is 2. The number of nitrogens with two attached hydrogens (primary N) is 1. The minimum Gasteiger partial charge on any atom is -0.322 e. The number of carbonyl (C=O) groups excluding carboxylic acids is 1. The Morgan fingerprint density at radius 1 is 1.28 bits per heavy atom. The topological polar surface area (TPSA) is 122 Å². The Kier molecular flexibility index (Phi) is 6.68. The zero-order valence-corrected chi connectivity index (χ0v) is 17.6. The molecule has 1 atom stereocenters. The Labute approximate surface area is 171 Å². The van der Waals surface area contributed by atoms with Gasteiger partial charge in [-0.1, -0.05) is 18.2 Å². The molecule has 0 unspecified atom stereocenters. The number of aryl methyl sites for hydroxylation is 1. The largest absolute Gasteiger partial charge is 0.322 e. The summed E-state index contributed by atoms with van der Waals surface area (Å²) in [7, 11) is -3.69. The smallest absolute Gasteiger partial charge is 0.274 e. The normalized spacial score (nSPS) is 18.0. The van der Waals surface area contributed by atoms with E-state index in [9.17, 15) is 13.2 Å². The number of rotatable bonds is 7. The molecular weight excluding hydrogens is 392 g/mol. The van der Waals surface area contributed by atoms with Crippen LogP contribution >= 0.6 is 0 Å². The highest BCUT2D eigenvalue weighted by molar-refractivity contribution is 7.87. The fourth-order valence-electron chi connectivity index (χ4n) is 3.72. The zero-order valence-electron chi connectivity index (χ0n) is 16.8. The van der Waals surface area contributed by atoms with Crippen molar-refractivity contribution in [3.63, 3.8) is 0 Å². The van der Waals surface area contributed by atoms with Gasteiger partial charge in [0, 0.05) is 13.1 Å². The summed E-state index contributed by atoms with van der Waals surface area (Å²) in [5, 5.41) is 12.5. The van der Waals surface area contributed by atoms with Crippen LogP contribution in [0.25, 0.3) is 5.69 Å². The van der Waals surface area contributed by atoms with Crippen molar-refractivity contribution in [2.24, 2.45) is 11.1 Å². The van der Waals surface area contributed by atoms with E-state index in [1.807, 2.05) is 53.8 Å². The molecular formula is C19H28N6O3S. The molecule has 4 N–H and O–H groups in total. The number of nitrogens with one attached hydrogen (secondary N) is 2. The van der Waals surface area contributed by atoms with Gasteiger partial charge >= 0.3 is 0 Å². The lowest BCUT2D eigenvalue weighted by molar-refractivity contribution is -0.117. The van der Waals surface area contributed by atoms with Gasteiger partial charge < -0.3 is 5.32 Å². The molecule has 1 aliphatic rings. The monoisotopic (exact) mass is 420 g/mol. The summed E-state index contributed by atoms with van der Waals surface area (Å²) in [6.45, 7) is 5.80. The quantitative estimate of drug-likeness (QED) is 0.615. The van der Waals surface area contributed by atoms with Gasteiger partial charge in [-0.15, -0.1) is 0 Å². The fourth-order valence-corrected chi connectivity index (χ4v) is 4.19. The van der Waals surface area contributed by atoms with Gasteiger partial charge in [0.2, 0.25) is 5.91 Å². The van der Waals surface area contributed by atoms with E-state index in [4.69, 9.17) is 5.14 Å². The average Bonchev–Trinajstić information content (AvgIpc) is 2.95. The Morgan fingerprint density at radius 3 is 2.69 bits per heavy atom. The zero-order chi connectivity index (χ0) is 21.0. The molecule has 3 rings (SSSR count). The number of likely N-dealkylation sites (tertiary alicyclic amines) is 1. The number of nitrogens with zero attached hydrogens (tertiary/aromatic N) is 3. The van der Waals surface area contributed by atoms with Crippen LogP contribution in [0.15, 0.2) is 30.3 Å². The molecule has 0 radical (unpaired) electrons. The van der Waals surface area contributed by atoms with Crippen LogP contribution in [0.5, 0.6) is 0 Å². The number of benzene rings is 1. The predicted molar refractivity (Wildman–Crippen MR) is 112 cm³/mol. The van der Waals surface area contributed by atoms with Gasteiger partial charge in [0.1, 0.15) is 0 Å². The Morgan fingerprint density at radius 2 is 2.00 bits per heavy atom. The summed E-state index contributed by atoms with van der Waals surface area (Å²) in [5.41, 5.74) is 3.29. The standard InChI is InChI=1S/C19H28N6O3S/c1-14-19(15(2)25(23-14)17-8-4-3-5-9-17)22-18(26)13-24-10-6-7-16(12-24)11-21-29(20,27)28/h3-5,8-9,16,21H,6-7,10-13H2,1-2H3,(H,22,26)(H2,20,27,28)/t16-/m0/s1. The van der Waals surface area contributed by atoms with Crippen LogP contribution in [0.3, 0.4) is 0 Å². The van der Waals surface area contributed by atoms with E-state index in [1.165, 1.54) is 0 Å². The summed E-state index contributed by atoms with van der Waals surface area (Å²) in [6.07, 6.45) is 1.82. The van der Waals surface area contributed by atoms with Crippen molar-refractivity contribution in [3.05, 3.63) is 41.7 Å². The van der Waals surface area contributed by atoms with Crippen LogP contribution < -0.4 is 15.2 Å². The van der Waals surface area contributed by atoms with Crippen molar-refractivity contribution in [3.8, 4) is 5.69 Å². The van der Waals surface area contributed by atoms with Crippen LogP contribution in [0, 0.1) is 19.8 Å². The lowest BCUT2D eigenvalue weighted by Crippen LogP contribution is -2.44. The van der Waals surface area contributed by atoms with Crippen LogP contribution in [0.2, 0.25) is 0 Å². The molecule has 0 spiro atoms. The van der Waals surface area contributed by atoms with Gasteiger partial charge in [-0.25, -0.2) is 14.5 Å².